The average Bonchev–Trinajstić information content (AvgIpc) is 2.83. The molecule has 0 N–H and O–H groups in total. The van der Waals surface area contributed by atoms with Crippen LogP contribution in [-0.4, -0.2) is 53.3 Å². The van der Waals surface area contributed by atoms with E-state index in [9.17, 15) is 14.4 Å². The van der Waals surface area contributed by atoms with Crippen LogP contribution in [0.1, 0.15) is 38.2 Å². The first kappa shape index (κ1) is 17.5. The Morgan fingerprint density at radius 3 is 2.24 bits per heavy atom. The lowest BCUT2D eigenvalue weighted by molar-refractivity contribution is -0.137. The summed E-state index contributed by atoms with van der Waals surface area (Å²) in [7, 11) is 0. The Kier molecular flexibility index (Phi) is 5.06. The highest BCUT2D eigenvalue weighted by Gasteiger charge is 2.44. The third-order valence-electron chi connectivity index (χ3n) is 5.01. The number of carbonyl (C=O) groups excluding carboxylic acids is 3. The van der Waals surface area contributed by atoms with Crippen molar-refractivity contribution < 1.29 is 14.4 Å². The normalized spacial score (nSPS) is 21.7. The Balaban J connectivity index is 1.73. The van der Waals surface area contributed by atoms with Gasteiger partial charge in [-0.05, 0) is 38.8 Å². The van der Waals surface area contributed by atoms with Crippen molar-refractivity contribution in [2.24, 2.45) is 0 Å². The molecule has 2 heterocycles. The van der Waals surface area contributed by atoms with Gasteiger partial charge in [0.25, 0.3) is 5.91 Å². The molecule has 4 amide bonds. The maximum Gasteiger partial charge on any atom is 0.332 e. The predicted octanol–water partition coefficient (Wildman–Crippen LogP) is 2.55. The highest BCUT2D eigenvalue weighted by Crippen LogP contribution is 2.26. The largest absolute Gasteiger partial charge is 0.341 e. The zero-order valence-electron chi connectivity index (χ0n) is 14.9. The number of rotatable bonds is 3. The fourth-order valence-electron chi connectivity index (χ4n) is 3.47. The maximum absolute atomic E-state index is 12.8. The fourth-order valence-corrected chi connectivity index (χ4v) is 3.47. The molecule has 1 aromatic rings. The molecule has 0 aliphatic carbocycles. The number of anilines is 1. The van der Waals surface area contributed by atoms with Gasteiger partial charge in [0.05, 0.1) is 0 Å². The second kappa shape index (κ2) is 7.25. The summed E-state index contributed by atoms with van der Waals surface area (Å²) in [4.78, 5) is 42.2. The summed E-state index contributed by atoms with van der Waals surface area (Å²) >= 11 is 0. The van der Waals surface area contributed by atoms with Gasteiger partial charge in [-0.1, -0.05) is 30.5 Å². The van der Waals surface area contributed by atoms with E-state index in [4.69, 9.17) is 0 Å². The Morgan fingerprint density at radius 1 is 1.04 bits per heavy atom. The molecule has 0 spiro atoms. The molecule has 2 aliphatic heterocycles. The standard InChI is InChI=1S/C19H25N3O3/c1-14-7-9-16(10-8-14)22-15(2)18(24)21(19(22)25)13-17(23)20-11-5-3-4-6-12-20/h7-10,15H,3-6,11-13H2,1-2H3/t15-/m1/s1. The van der Waals surface area contributed by atoms with Crippen LogP contribution < -0.4 is 4.90 Å². The average molecular weight is 343 g/mol. The number of hydrogen-bond acceptors (Lipinski definition) is 3. The minimum absolute atomic E-state index is 0.137. The highest BCUT2D eigenvalue weighted by molar-refractivity contribution is 6.15. The quantitative estimate of drug-likeness (QED) is 0.793. The van der Waals surface area contributed by atoms with Gasteiger partial charge in [-0.3, -0.25) is 19.4 Å². The fraction of sp³-hybridized carbons (Fsp3) is 0.526. The van der Waals surface area contributed by atoms with Crippen molar-refractivity contribution in [1.82, 2.24) is 9.80 Å². The van der Waals surface area contributed by atoms with Crippen LogP contribution in [0.25, 0.3) is 0 Å². The molecule has 2 saturated heterocycles. The lowest BCUT2D eigenvalue weighted by Gasteiger charge is -2.23. The van der Waals surface area contributed by atoms with E-state index in [-0.39, 0.29) is 18.4 Å². The zero-order valence-corrected chi connectivity index (χ0v) is 14.9. The van der Waals surface area contributed by atoms with Crippen molar-refractivity contribution in [3.8, 4) is 0 Å². The number of carbonyl (C=O) groups is 3. The minimum Gasteiger partial charge on any atom is -0.341 e. The highest BCUT2D eigenvalue weighted by atomic mass is 16.2. The van der Waals surface area contributed by atoms with E-state index < -0.39 is 12.1 Å². The van der Waals surface area contributed by atoms with Gasteiger partial charge in [-0.2, -0.15) is 0 Å². The molecule has 0 radical (unpaired) electrons. The molecule has 3 rings (SSSR count). The summed E-state index contributed by atoms with van der Waals surface area (Å²) in [6, 6.07) is 6.47. The van der Waals surface area contributed by atoms with Crippen LogP contribution in [0, 0.1) is 6.92 Å². The van der Waals surface area contributed by atoms with E-state index in [0.29, 0.717) is 18.8 Å². The molecule has 0 bridgehead atoms. The van der Waals surface area contributed by atoms with Crippen molar-refractivity contribution in [1.29, 1.82) is 0 Å². The van der Waals surface area contributed by atoms with E-state index >= 15 is 0 Å². The van der Waals surface area contributed by atoms with E-state index in [1.165, 1.54) is 4.90 Å². The molecular formula is C19H25N3O3. The maximum atomic E-state index is 12.8. The number of nitrogens with zero attached hydrogens (tertiary/aromatic N) is 3. The molecule has 0 aromatic heterocycles. The molecule has 1 aromatic carbocycles. The van der Waals surface area contributed by atoms with Crippen LogP contribution >= 0.6 is 0 Å². The van der Waals surface area contributed by atoms with Crippen molar-refractivity contribution in [3.63, 3.8) is 0 Å². The van der Waals surface area contributed by atoms with Crippen LogP contribution in [0.3, 0.4) is 0 Å². The van der Waals surface area contributed by atoms with E-state index in [0.717, 1.165) is 36.1 Å². The predicted molar refractivity (Wildman–Crippen MR) is 95.3 cm³/mol. The van der Waals surface area contributed by atoms with Crippen LogP contribution in [0.2, 0.25) is 0 Å². The zero-order chi connectivity index (χ0) is 18.0. The molecule has 134 valence electrons. The number of urea groups is 1. The second-order valence-electron chi connectivity index (χ2n) is 6.88. The molecule has 1 atom stereocenters. The number of aryl methyl sites for hydroxylation is 1. The molecule has 0 saturated carbocycles. The molecule has 0 unspecified atom stereocenters. The number of hydrogen-bond donors (Lipinski definition) is 0. The summed E-state index contributed by atoms with van der Waals surface area (Å²) in [5, 5.41) is 0. The first-order chi connectivity index (χ1) is 12.0. The van der Waals surface area contributed by atoms with Crippen LogP contribution in [0.5, 0.6) is 0 Å². The number of benzene rings is 1. The molecule has 6 nitrogen and oxygen atoms in total. The molecule has 2 aliphatic rings. The van der Waals surface area contributed by atoms with Gasteiger partial charge in [0.15, 0.2) is 0 Å². The Labute approximate surface area is 148 Å². The molecule has 25 heavy (non-hydrogen) atoms. The van der Waals surface area contributed by atoms with Crippen molar-refractivity contribution in [3.05, 3.63) is 29.8 Å². The third-order valence-corrected chi connectivity index (χ3v) is 5.01. The lowest BCUT2D eigenvalue weighted by Crippen LogP contribution is -2.43. The SMILES string of the molecule is Cc1ccc(N2C(=O)N(CC(=O)N3CCCCCC3)C(=O)[C@H]2C)cc1. The Bertz CT molecular complexity index is 663. The summed E-state index contributed by atoms with van der Waals surface area (Å²) in [5.41, 5.74) is 1.77. The summed E-state index contributed by atoms with van der Waals surface area (Å²) in [6.45, 7) is 4.94. The minimum atomic E-state index is -0.591. The lowest BCUT2D eigenvalue weighted by atomic mass is 10.2. The third kappa shape index (κ3) is 3.52. The van der Waals surface area contributed by atoms with E-state index in [1.54, 1.807) is 11.8 Å². The van der Waals surface area contributed by atoms with E-state index in [1.807, 2.05) is 31.2 Å². The first-order valence-corrected chi connectivity index (χ1v) is 8.98. The number of likely N-dealkylation sites (tertiary alicyclic amines) is 1. The number of imide groups is 1. The molecular weight excluding hydrogens is 318 g/mol. The van der Waals surface area contributed by atoms with Gasteiger partial charge < -0.3 is 4.90 Å². The number of amides is 4. The molecule has 6 heteroatoms. The van der Waals surface area contributed by atoms with Gasteiger partial charge in [-0.15, -0.1) is 0 Å². The van der Waals surface area contributed by atoms with Gasteiger partial charge in [0.1, 0.15) is 12.6 Å². The van der Waals surface area contributed by atoms with Crippen LogP contribution in [0.4, 0.5) is 10.5 Å². The topological polar surface area (TPSA) is 60.9 Å². The molecule has 2 fully saturated rings. The Morgan fingerprint density at radius 2 is 1.64 bits per heavy atom. The van der Waals surface area contributed by atoms with Crippen molar-refractivity contribution in [2.75, 3.05) is 24.5 Å². The van der Waals surface area contributed by atoms with E-state index in [2.05, 4.69) is 0 Å². The van der Waals surface area contributed by atoms with Crippen molar-refractivity contribution >= 4 is 23.5 Å². The van der Waals surface area contributed by atoms with Gasteiger partial charge in [0.2, 0.25) is 5.91 Å². The van der Waals surface area contributed by atoms with Crippen molar-refractivity contribution in [2.45, 2.75) is 45.6 Å². The second-order valence-corrected chi connectivity index (χ2v) is 6.88. The van der Waals surface area contributed by atoms with Gasteiger partial charge >= 0.3 is 6.03 Å². The smallest absolute Gasteiger partial charge is 0.332 e. The van der Waals surface area contributed by atoms with Crippen LogP contribution in [-0.2, 0) is 9.59 Å². The Hall–Kier alpha value is -2.37. The van der Waals surface area contributed by atoms with Gasteiger partial charge in [-0.25, -0.2) is 4.79 Å². The first-order valence-electron chi connectivity index (χ1n) is 8.98. The monoisotopic (exact) mass is 343 g/mol. The van der Waals surface area contributed by atoms with Crippen LogP contribution in [0.15, 0.2) is 24.3 Å². The summed E-state index contributed by atoms with van der Waals surface area (Å²) in [6.07, 6.45) is 4.23. The summed E-state index contributed by atoms with van der Waals surface area (Å²) in [5.74, 6) is -0.449. The van der Waals surface area contributed by atoms with Gasteiger partial charge in [0, 0.05) is 18.8 Å². The summed E-state index contributed by atoms with van der Waals surface area (Å²) < 4.78 is 0.